The standard InChI is InChI=1S/C16H28N2O/c1-5-13(6-2)12-18(8-4)14-9-10-15(17-11-14)16(19)7-3/h9-11,13,16,19H,5-8,12H2,1-4H3. The average molecular weight is 264 g/mol. The molecule has 1 unspecified atom stereocenters. The molecule has 0 amide bonds. The van der Waals surface area contributed by atoms with Crippen LogP contribution in [0.15, 0.2) is 18.3 Å². The topological polar surface area (TPSA) is 36.4 Å². The van der Waals surface area contributed by atoms with Crippen molar-refractivity contribution in [3.63, 3.8) is 0 Å². The quantitative estimate of drug-likeness (QED) is 0.776. The average Bonchev–Trinajstić information content (AvgIpc) is 2.48. The van der Waals surface area contributed by atoms with E-state index in [0.29, 0.717) is 6.42 Å². The molecule has 0 aliphatic heterocycles. The van der Waals surface area contributed by atoms with E-state index in [9.17, 15) is 5.11 Å². The third-order valence-corrected chi connectivity index (χ3v) is 3.88. The fourth-order valence-electron chi connectivity index (χ4n) is 2.27. The Morgan fingerprint density at radius 3 is 2.21 bits per heavy atom. The summed E-state index contributed by atoms with van der Waals surface area (Å²) in [5, 5.41) is 9.76. The van der Waals surface area contributed by atoms with E-state index in [0.717, 1.165) is 30.4 Å². The summed E-state index contributed by atoms with van der Waals surface area (Å²) in [5.41, 5.74) is 1.92. The summed E-state index contributed by atoms with van der Waals surface area (Å²) in [6, 6.07) is 4.02. The minimum absolute atomic E-state index is 0.442. The molecular weight excluding hydrogens is 236 g/mol. The summed E-state index contributed by atoms with van der Waals surface area (Å²) >= 11 is 0. The lowest BCUT2D eigenvalue weighted by Gasteiger charge is -2.27. The van der Waals surface area contributed by atoms with Gasteiger partial charge in [-0.15, -0.1) is 0 Å². The Morgan fingerprint density at radius 2 is 1.79 bits per heavy atom. The number of nitrogens with zero attached hydrogens (tertiary/aromatic N) is 2. The predicted octanol–water partition coefficient (Wildman–Crippen LogP) is 3.79. The van der Waals surface area contributed by atoms with Crippen molar-refractivity contribution in [2.24, 2.45) is 5.92 Å². The highest BCUT2D eigenvalue weighted by Gasteiger charge is 2.12. The normalized spacial score (nSPS) is 12.7. The van der Waals surface area contributed by atoms with Crippen LogP contribution in [0.1, 0.15) is 58.8 Å². The number of hydrogen-bond donors (Lipinski definition) is 1. The first-order chi connectivity index (χ1) is 9.15. The number of rotatable bonds is 8. The minimum atomic E-state index is -0.442. The molecule has 1 rings (SSSR count). The molecule has 0 saturated heterocycles. The molecular formula is C16H28N2O. The van der Waals surface area contributed by atoms with Crippen molar-refractivity contribution in [3.8, 4) is 0 Å². The van der Waals surface area contributed by atoms with Crippen LogP contribution < -0.4 is 4.90 Å². The van der Waals surface area contributed by atoms with Gasteiger partial charge in [0.2, 0.25) is 0 Å². The van der Waals surface area contributed by atoms with E-state index >= 15 is 0 Å². The van der Waals surface area contributed by atoms with Gasteiger partial charge in [-0.05, 0) is 31.4 Å². The monoisotopic (exact) mass is 264 g/mol. The fraction of sp³-hybridized carbons (Fsp3) is 0.688. The van der Waals surface area contributed by atoms with Crippen molar-refractivity contribution in [1.29, 1.82) is 0 Å². The van der Waals surface area contributed by atoms with Crippen molar-refractivity contribution in [2.45, 2.75) is 53.1 Å². The number of aliphatic hydroxyl groups is 1. The van der Waals surface area contributed by atoms with Gasteiger partial charge in [-0.3, -0.25) is 4.98 Å². The SMILES string of the molecule is CCC(CC)CN(CC)c1ccc(C(O)CC)nc1. The van der Waals surface area contributed by atoms with E-state index in [1.54, 1.807) is 0 Å². The van der Waals surface area contributed by atoms with Crippen molar-refractivity contribution in [2.75, 3.05) is 18.0 Å². The van der Waals surface area contributed by atoms with Crippen LogP contribution in [-0.2, 0) is 0 Å². The van der Waals surface area contributed by atoms with Gasteiger partial charge in [0.15, 0.2) is 0 Å². The van der Waals surface area contributed by atoms with Gasteiger partial charge in [0.1, 0.15) is 0 Å². The molecule has 0 fully saturated rings. The molecule has 3 heteroatoms. The zero-order valence-electron chi connectivity index (χ0n) is 12.8. The summed E-state index contributed by atoms with van der Waals surface area (Å²) in [7, 11) is 0. The first-order valence-electron chi connectivity index (χ1n) is 7.55. The third kappa shape index (κ3) is 4.50. The number of hydrogen-bond acceptors (Lipinski definition) is 3. The number of aromatic nitrogens is 1. The molecule has 0 aliphatic carbocycles. The Kier molecular flexibility index (Phi) is 6.85. The van der Waals surface area contributed by atoms with Crippen molar-refractivity contribution < 1.29 is 5.11 Å². The summed E-state index contributed by atoms with van der Waals surface area (Å²) in [6.07, 6.45) is 4.58. The summed E-state index contributed by atoms with van der Waals surface area (Å²) < 4.78 is 0. The Morgan fingerprint density at radius 1 is 1.11 bits per heavy atom. The molecule has 3 nitrogen and oxygen atoms in total. The fourth-order valence-corrected chi connectivity index (χ4v) is 2.27. The lowest BCUT2D eigenvalue weighted by Crippen LogP contribution is -2.29. The molecule has 0 radical (unpaired) electrons. The second kappa shape index (κ2) is 8.16. The first kappa shape index (κ1) is 16.0. The second-order valence-electron chi connectivity index (χ2n) is 5.09. The van der Waals surface area contributed by atoms with E-state index in [4.69, 9.17) is 0 Å². The molecule has 1 atom stereocenters. The molecule has 0 spiro atoms. The van der Waals surface area contributed by atoms with Gasteiger partial charge in [-0.1, -0.05) is 33.6 Å². The van der Waals surface area contributed by atoms with Gasteiger partial charge >= 0.3 is 0 Å². The molecule has 19 heavy (non-hydrogen) atoms. The van der Waals surface area contributed by atoms with E-state index < -0.39 is 6.10 Å². The molecule has 0 aromatic carbocycles. The maximum absolute atomic E-state index is 9.76. The molecule has 108 valence electrons. The Hall–Kier alpha value is -1.09. The second-order valence-corrected chi connectivity index (χ2v) is 5.09. The highest BCUT2D eigenvalue weighted by atomic mass is 16.3. The van der Waals surface area contributed by atoms with E-state index in [-0.39, 0.29) is 0 Å². The van der Waals surface area contributed by atoms with Crippen LogP contribution >= 0.6 is 0 Å². The largest absolute Gasteiger partial charge is 0.387 e. The molecule has 1 heterocycles. The van der Waals surface area contributed by atoms with E-state index in [1.807, 2.05) is 19.2 Å². The highest BCUT2D eigenvalue weighted by Crippen LogP contribution is 2.20. The lowest BCUT2D eigenvalue weighted by atomic mass is 10.0. The van der Waals surface area contributed by atoms with Crippen LogP contribution in [0.4, 0.5) is 5.69 Å². The maximum atomic E-state index is 9.76. The van der Waals surface area contributed by atoms with Gasteiger partial charge < -0.3 is 10.0 Å². The zero-order chi connectivity index (χ0) is 14.3. The first-order valence-corrected chi connectivity index (χ1v) is 7.55. The van der Waals surface area contributed by atoms with Crippen LogP contribution in [0, 0.1) is 5.92 Å². The van der Waals surface area contributed by atoms with E-state index in [1.165, 1.54) is 12.8 Å². The highest BCUT2D eigenvalue weighted by molar-refractivity contribution is 5.44. The van der Waals surface area contributed by atoms with Crippen molar-refractivity contribution in [3.05, 3.63) is 24.0 Å². The Labute approximate surface area is 117 Å². The number of pyridine rings is 1. The van der Waals surface area contributed by atoms with Crippen LogP contribution in [0.5, 0.6) is 0 Å². The summed E-state index contributed by atoms with van der Waals surface area (Å²) in [6.45, 7) is 10.7. The zero-order valence-corrected chi connectivity index (χ0v) is 12.8. The summed E-state index contributed by atoms with van der Waals surface area (Å²) in [5.74, 6) is 0.737. The van der Waals surface area contributed by atoms with Gasteiger partial charge in [-0.2, -0.15) is 0 Å². The van der Waals surface area contributed by atoms with Crippen molar-refractivity contribution in [1.82, 2.24) is 4.98 Å². The minimum Gasteiger partial charge on any atom is -0.387 e. The molecule has 0 aliphatic rings. The molecule has 1 N–H and O–H groups in total. The Balaban J connectivity index is 2.76. The number of aliphatic hydroxyl groups excluding tert-OH is 1. The predicted molar refractivity (Wildman–Crippen MR) is 81.4 cm³/mol. The van der Waals surface area contributed by atoms with Crippen LogP contribution in [-0.4, -0.2) is 23.2 Å². The summed E-state index contributed by atoms with van der Waals surface area (Å²) in [4.78, 5) is 6.75. The van der Waals surface area contributed by atoms with Crippen LogP contribution in [0.3, 0.4) is 0 Å². The number of anilines is 1. The van der Waals surface area contributed by atoms with Gasteiger partial charge in [0, 0.05) is 13.1 Å². The third-order valence-electron chi connectivity index (χ3n) is 3.88. The van der Waals surface area contributed by atoms with Gasteiger partial charge in [-0.25, -0.2) is 0 Å². The van der Waals surface area contributed by atoms with Crippen LogP contribution in [0.2, 0.25) is 0 Å². The van der Waals surface area contributed by atoms with Crippen LogP contribution in [0.25, 0.3) is 0 Å². The maximum Gasteiger partial charge on any atom is 0.0957 e. The smallest absolute Gasteiger partial charge is 0.0957 e. The molecule has 1 aromatic heterocycles. The molecule has 0 bridgehead atoms. The molecule has 0 saturated carbocycles. The Bertz CT molecular complexity index is 346. The van der Waals surface area contributed by atoms with Gasteiger partial charge in [0.25, 0.3) is 0 Å². The van der Waals surface area contributed by atoms with Crippen molar-refractivity contribution >= 4 is 5.69 Å². The lowest BCUT2D eigenvalue weighted by molar-refractivity contribution is 0.169. The van der Waals surface area contributed by atoms with Gasteiger partial charge in [0.05, 0.1) is 23.7 Å². The molecule has 1 aromatic rings. The van der Waals surface area contributed by atoms with E-state index in [2.05, 4.69) is 36.7 Å².